The van der Waals surface area contributed by atoms with Gasteiger partial charge in [0.1, 0.15) is 17.1 Å². The molecule has 0 radical (unpaired) electrons. The minimum Gasteiger partial charge on any atom is -0.497 e. The average Bonchev–Trinajstić information content (AvgIpc) is 3.47. The second-order valence-electron chi connectivity index (χ2n) is 8.64. The van der Waals surface area contributed by atoms with Gasteiger partial charge in [-0.2, -0.15) is 5.10 Å². The van der Waals surface area contributed by atoms with E-state index in [0.717, 1.165) is 5.56 Å². The molecule has 1 aromatic carbocycles. The topological polar surface area (TPSA) is 98.5 Å². The normalized spacial score (nSPS) is 15.5. The number of benzene rings is 1. The molecule has 4 heterocycles. The molecule has 0 bridgehead atoms. The van der Waals surface area contributed by atoms with Crippen LogP contribution < -0.4 is 14.4 Å². The molecule has 1 amide bonds. The third-order valence-electron chi connectivity index (χ3n) is 6.44. The van der Waals surface area contributed by atoms with Crippen LogP contribution in [0.25, 0.3) is 22.4 Å². The first-order chi connectivity index (χ1) is 17.4. The molecule has 1 aliphatic rings. The number of aromatic nitrogens is 5. The number of pyridine rings is 1. The maximum atomic E-state index is 15.6. The Balaban J connectivity index is 1.63. The Hall–Kier alpha value is -4.28. The third kappa shape index (κ3) is 4.28. The van der Waals surface area contributed by atoms with Crippen molar-refractivity contribution in [2.45, 2.75) is 18.9 Å². The minimum atomic E-state index is -0.553. The van der Waals surface area contributed by atoms with E-state index in [2.05, 4.69) is 15.1 Å². The Labute approximate surface area is 207 Å². The Kier molecular flexibility index (Phi) is 6.13. The molecule has 4 aromatic rings. The number of hydrogen-bond acceptors (Lipinski definition) is 8. The number of carbonyl (C=O) groups is 1. The molecule has 1 atom stereocenters. The molecule has 0 N–H and O–H groups in total. The predicted octanol–water partition coefficient (Wildman–Crippen LogP) is 3.34. The molecule has 0 spiro atoms. The van der Waals surface area contributed by atoms with Gasteiger partial charge in [0.25, 0.3) is 0 Å². The summed E-state index contributed by atoms with van der Waals surface area (Å²) in [4.78, 5) is 29.6. The van der Waals surface area contributed by atoms with Crippen molar-refractivity contribution >= 4 is 28.6 Å². The van der Waals surface area contributed by atoms with Crippen LogP contribution in [0.5, 0.6) is 11.5 Å². The number of carbonyl (C=O) groups excluding carboxylic acids is 1. The lowest BCUT2D eigenvalue weighted by Crippen LogP contribution is -2.38. The van der Waals surface area contributed by atoms with Crippen LogP contribution in [0.4, 0.5) is 15.9 Å². The van der Waals surface area contributed by atoms with E-state index in [1.165, 1.54) is 20.3 Å². The molecule has 1 unspecified atom stereocenters. The predicted molar refractivity (Wildman–Crippen MR) is 132 cm³/mol. The molecule has 36 heavy (non-hydrogen) atoms. The zero-order valence-corrected chi connectivity index (χ0v) is 20.5. The lowest BCUT2D eigenvalue weighted by atomic mass is 10.1. The lowest BCUT2D eigenvalue weighted by Gasteiger charge is -2.30. The summed E-state index contributed by atoms with van der Waals surface area (Å²) in [6.07, 6.45) is 6.33. The maximum Gasteiger partial charge on any atom is 0.222 e. The molecule has 1 aliphatic heterocycles. The standard InChI is InChI=1S/C25H26FN7O3/c1-31-13-15(11-28-31)19-12-27-18-6-7-22(30-25(18)29-19)33(14-16-5-8-23(34)32(16)2)20-9-17(35-3)10-21(36-4)24(20)26/h6-7,9-13,16H,5,8,14H2,1-4H3. The zero-order chi connectivity index (χ0) is 25.4. The smallest absolute Gasteiger partial charge is 0.222 e. The molecular weight excluding hydrogens is 465 g/mol. The monoisotopic (exact) mass is 491 g/mol. The number of likely N-dealkylation sites (tertiary alicyclic amines) is 1. The van der Waals surface area contributed by atoms with E-state index in [1.807, 2.05) is 13.2 Å². The average molecular weight is 492 g/mol. The van der Waals surface area contributed by atoms with Gasteiger partial charge < -0.3 is 19.3 Å². The van der Waals surface area contributed by atoms with Gasteiger partial charge in [-0.3, -0.25) is 14.5 Å². The number of nitrogens with zero attached hydrogens (tertiary/aromatic N) is 7. The van der Waals surface area contributed by atoms with Crippen molar-refractivity contribution in [3.63, 3.8) is 0 Å². The van der Waals surface area contributed by atoms with Crippen LogP contribution in [0, 0.1) is 5.82 Å². The highest BCUT2D eigenvalue weighted by Gasteiger charge is 2.31. The number of rotatable bonds is 7. The molecule has 0 saturated carbocycles. The summed E-state index contributed by atoms with van der Waals surface area (Å²) >= 11 is 0. The van der Waals surface area contributed by atoms with Crippen molar-refractivity contribution < 1.29 is 18.7 Å². The number of likely N-dealkylation sites (N-methyl/N-ethyl adjacent to an activating group) is 1. The molecule has 3 aromatic heterocycles. The highest BCUT2D eigenvalue weighted by Crippen LogP contribution is 2.37. The first-order valence-electron chi connectivity index (χ1n) is 11.5. The molecule has 1 saturated heterocycles. The SMILES string of the molecule is COc1cc(OC)c(F)c(N(CC2CCC(=O)N2C)c2ccc3ncc(-c4cnn(C)c4)nc3n2)c1. The van der Waals surface area contributed by atoms with Gasteiger partial charge in [-0.15, -0.1) is 0 Å². The van der Waals surface area contributed by atoms with Crippen molar-refractivity contribution in [3.05, 3.63) is 48.7 Å². The number of methoxy groups -OCH3 is 2. The zero-order valence-electron chi connectivity index (χ0n) is 20.5. The molecule has 1 fully saturated rings. The molecule has 0 aliphatic carbocycles. The minimum absolute atomic E-state index is 0.0460. The summed E-state index contributed by atoms with van der Waals surface area (Å²) in [5.41, 5.74) is 2.67. The van der Waals surface area contributed by atoms with Crippen LogP contribution in [-0.2, 0) is 11.8 Å². The Bertz CT molecular complexity index is 1440. The molecule has 5 rings (SSSR count). The van der Waals surface area contributed by atoms with Crippen LogP contribution >= 0.6 is 0 Å². The van der Waals surface area contributed by atoms with E-state index >= 15 is 4.39 Å². The van der Waals surface area contributed by atoms with Crippen LogP contribution in [0.2, 0.25) is 0 Å². The summed E-state index contributed by atoms with van der Waals surface area (Å²) in [6, 6.07) is 6.52. The highest BCUT2D eigenvalue weighted by atomic mass is 19.1. The van der Waals surface area contributed by atoms with E-state index in [4.69, 9.17) is 14.5 Å². The van der Waals surface area contributed by atoms with Gasteiger partial charge in [0.2, 0.25) is 5.91 Å². The van der Waals surface area contributed by atoms with Gasteiger partial charge in [-0.05, 0) is 18.6 Å². The summed E-state index contributed by atoms with van der Waals surface area (Å²) < 4.78 is 27.9. The first-order valence-corrected chi connectivity index (χ1v) is 11.5. The van der Waals surface area contributed by atoms with Gasteiger partial charge in [0.15, 0.2) is 17.2 Å². The number of anilines is 2. The second kappa shape index (κ2) is 9.40. The second-order valence-corrected chi connectivity index (χ2v) is 8.64. The van der Waals surface area contributed by atoms with Gasteiger partial charge in [-0.25, -0.2) is 14.4 Å². The number of halogens is 1. The van der Waals surface area contributed by atoms with Crippen LogP contribution in [-0.4, -0.2) is 69.4 Å². The van der Waals surface area contributed by atoms with Gasteiger partial charge in [0.05, 0.1) is 38.0 Å². The Morgan fingerprint density at radius 1 is 1.14 bits per heavy atom. The van der Waals surface area contributed by atoms with Crippen LogP contribution in [0.1, 0.15) is 12.8 Å². The van der Waals surface area contributed by atoms with E-state index in [-0.39, 0.29) is 23.4 Å². The molecular formula is C25H26FN7O3. The number of amides is 1. The maximum absolute atomic E-state index is 15.6. The van der Waals surface area contributed by atoms with Gasteiger partial charge >= 0.3 is 0 Å². The summed E-state index contributed by atoms with van der Waals surface area (Å²) in [5.74, 6) is 0.444. The highest BCUT2D eigenvalue weighted by molar-refractivity contribution is 5.79. The molecule has 186 valence electrons. The van der Waals surface area contributed by atoms with E-state index in [1.54, 1.807) is 52.1 Å². The summed E-state index contributed by atoms with van der Waals surface area (Å²) in [5, 5.41) is 4.19. The van der Waals surface area contributed by atoms with Crippen molar-refractivity contribution in [2.24, 2.45) is 7.05 Å². The number of aryl methyl sites for hydroxylation is 1. The number of ether oxygens (including phenoxy) is 2. The lowest BCUT2D eigenvalue weighted by molar-refractivity contribution is -0.127. The van der Waals surface area contributed by atoms with Gasteiger partial charge in [0, 0.05) is 57.0 Å². The van der Waals surface area contributed by atoms with E-state index in [9.17, 15) is 4.79 Å². The van der Waals surface area contributed by atoms with Crippen molar-refractivity contribution in [1.82, 2.24) is 29.6 Å². The largest absolute Gasteiger partial charge is 0.497 e. The number of hydrogen-bond donors (Lipinski definition) is 0. The summed E-state index contributed by atoms with van der Waals surface area (Å²) in [6.45, 7) is 0.323. The quantitative estimate of drug-likeness (QED) is 0.388. The van der Waals surface area contributed by atoms with E-state index in [0.29, 0.717) is 47.8 Å². The van der Waals surface area contributed by atoms with Crippen LogP contribution in [0.15, 0.2) is 42.9 Å². The molecule has 11 heteroatoms. The van der Waals surface area contributed by atoms with Crippen molar-refractivity contribution in [1.29, 1.82) is 0 Å². The third-order valence-corrected chi connectivity index (χ3v) is 6.44. The van der Waals surface area contributed by atoms with E-state index < -0.39 is 5.82 Å². The Morgan fingerprint density at radius 3 is 2.64 bits per heavy atom. The fourth-order valence-corrected chi connectivity index (χ4v) is 4.36. The van der Waals surface area contributed by atoms with Crippen molar-refractivity contribution in [3.8, 4) is 22.8 Å². The fraction of sp³-hybridized carbons (Fsp3) is 0.320. The number of fused-ring (bicyclic) bond motifs is 1. The van der Waals surface area contributed by atoms with Gasteiger partial charge in [-0.1, -0.05) is 0 Å². The van der Waals surface area contributed by atoms with Crippen LogP contribution in [0.3, 0.4) is 0 Å². The Morgan fingerprint density at radius 2 is 1.97 bits per heavy atom. The van der Waals surface area contributed by atoms with Crippen molar-refractivity contribution in [2.75, 3.05) is 32.7 Å². The fourth-order valence-electron chi connectivity index (χ4n) is 4.36. The summed E-state index contributed by atoms with van der Waals surface area (Å²) in [7, 11) is 6.50. The first kappa shape index (κ1) is 23.5. The molecule has 10 nitrogen and oxygen atoms in total.